The van der Waals surface area contributed by atoms with Crippen LogP contribution in [0, 0.1) is 18.3 Å². The number of nitriles is 1. The Morgan fingerprint density at radius 3 is 2.52 bits per heavy atom. The molecule has 0 fully saturated rings. The molecule has 5 heteroatoms. The maximum atomic E-state index is 11.9. The van der Waals surface area contributed by atoms with Gasteiger partial charge in [-0.2, -0.15) is 5.26 Å². The molecule has 2 N–H and O–H groups in total. The zero-order valence-electron chi connectivity index (χ0n) is 14.9. The smallest absolute Gasteiger partial charge is 0.310 e. The number of nitrogens with two attached hydrogens (primary N) is 1. The molecule has 0 unspecified atom stereocenters. The Labute approximate surface area is 148 Å². The number of hydrogen-bond donors (Lipinski definition) is 1. The molecule has 0 bridgehead atoms. The minimum Gasteiger partial charge on any atom is -0.460 e. The highest BCUT2D eigenvalue weighted by molar-refractivity contribution is 5.74. The van der Waals surface area contributed by atoms with E-state index in [1.807, 2.05) is 33.8 Å². The summed E-state index contributed by atoms with van der Waals surface area (Å²) in [5.74, 6) is 0.712. The van der Waals surface area contributed by atoms with Crippen LogP contribution in [0.2, 0.25) is 0 Å². The number of rotatable bonds is 4. The molecule has 5 nitrogen and oxygen atoms in total. The van der Waals surface area contributed by atoms with Gasteiger partial charge in [-0.3, -0.25) is 4.79 Å². The average molecular weight is 338 g/mol. The summed E-state index contributed by atoms with van der Waals surface area (Å²) in [7, 11) is 0. The van der Waals surface area contributed by atoms with Gasteiger partial charge in [-0.25, -0.2) is 0 Å². The third-order valence-corrected chi connectivity index (χ3v) is 3.25. The van der Waals surface area contributed by atoms with E-state index in [1.165, 1.54) is 0 Å². The summed E-state index contributed by atoms with van der Waals surface area (Å²) in [6, 6.07) is 12.5. The van der Waals surface area contributed by atoms with E-state index in [4.69, 9.17) is 20.5 Å². The van der Waals surface area contributed by atoms with Crippen molar-refractivity contribution >= 4 is 11.7 Å². The Bertz CT molecular complexity index is 830. The van der Waals surface area contributed by atoms with E-state index in [9.17, 15) is 4.79 Å². The molecule has 25 heavy (non-hydrogen) atoms. The van der Waals surface area contributed by atoms with Crippen molar-refractivity contribution in [3.8, 4) is 17.6 Å². The van der Waals surface area contributed by atoms with E-state index in [1.54, 1.807) is 30.3 Å². The molecule has 0 heterocycles. The van der Waals surface area contributed by atoms with Gasteiger partial charge in [0, 0.05) is 0 Å². The van der Waals surface area contributed by atoms with Gasteiger partial charge >= 0.3 is 5.97 Å². The normalized spacial score (nSPS) is 10.8. The lowest BCUT2D eigenvalue weighted by Crippen LogP contribution is -2.24. The Hall–Kier alpha value is -3.00. The molecule has 2 aromatic rings. The second kappa shape index (κ2) is 7.27. The highest BCUT2D eigenvalue weighted by Crippen LogP contribution is 2.29. The van der Waals surface area contributed by atoms with E-state index in [0.29, 0.717) is 22.7 Å². The lowest BCUT2D eigenvalue weighted by Gasteiger charge is -2.19. The molecule has 0 saturated carbocycles. The van der Waals surface area contributed by atoms with Gasteiger partial charge < -0.3 is 15.2 Å². The quantitative estimate of drug-likeness (QED) is 0.669. The number of nitrogens with zero attached hydrogens (tertiary/aromatic N) is 1. The largest absolute Gasteiger partial charge is 0.460 e. The summed E-state index contributed by atoms with van der Waals surface area (Å²) < 4.78 is 11.1. The molecule has 0 amide bonds. The van der Waals surface area contributed by atoms with Crippen LogP contribution in [-0.2, 0) is 16.0 Å². The second-order valence-corrected chi connectivity index (χ2v) is 6.88. The van der Waals surface area contributed by atoms with E-state index < -0.39 is 5.60 Å². The molecule has 0 aromatic heterocycles. The number of esters is 1. The van der Waals surface area contributed by atoms with Crippen LogP contribution in [-0.4, -0.2) is 11.6 Å². The molecule has 2 rings (SSSR count). The van der Waals surface area contributed by atoms with Gasteiger partial charge in [-0.1, -0.05) is 6.07 Å². The van der Waals surface area contributed by atoms with Crippen LogP contribution in [0.4, 0.5) is 5.69 Å². The molecule has 0 saturated heterocycles. The summed E-state index contributed by atoms with van der Waals surface area (Å²) in [6.45, 7) is 7.37. The number of carbonyl (C=O) groups excluding carboxylic acids is 1. The predicted molar refractivity (Wildman–Crippen MR) is 96.4 cm³/mol. The van der Waals surface area contributed by atoms with Gasteiger partial charge in [-0.15, -0.1) is 0 Å². The number of nitrogen functional groups attached to an aromatic ring is 1. The summed E-state index contributed by atoms with van der Waals surface area (Å²) in [6.07, 6.45) is 0.144. The molecule has 0 radical (unpaired) electrons. The van der Waals surface area contributed by atoms with E-state index in [0.717, 1.165) is 11.1 Å². The average Bonchev–Trinajstić information content (AvgIpc) is 2.47. The maximum absolute atomic E-state index is 11.9. The highest BCUT2D eigenvalue weighted by Gasteiger charge is 2.17. The Morgan fingerprint density at radius 1 is 1.20 bits per heavy atom. The number of hydrogen-bond acceptors (Lipinski definition) is 5. The van der Waals surface area contributed by atoms with E-state index >= 15 is 0 Å². The lowest BCUT2D eigenvalue weighted by molar-refractivity contribution is -0.153. The fourth-order valence-corrected chi connectivity index (χ4v) is 2.34. The first kappa shape index (κ1) is 18.3. The Balaban J connectivity index is 2.13. The molecular weight excluding hydrogens is 316 g/mol. The van der Waals surface area contributed by atoms with Crippen LogP contribution >= 0.6 is 0 Å². The monoisotopic (exact) mass is 338 g/mol. The number of benzene rings is 2. The van der Waals surface area contributed by atoms with Crippen molar-refractivity contribution in [3.05, 3.63) is 53.1 Å². The number of ether oxygens (including phenoxy) is 2. The molecule has 2 aromatic carbocycles. The van der Waals surface area contributed by atoms with Crippen LogP contribution in [0.5, 0.6) is 11.5 Å². The second-order valence-electron chi connectivity index (χ2n) is 6.88. The highest BCUT2D eigenvalue weighted by atomic mass is 16.6. The van der Waals surface area contributed by atoms with Crippen molar-refractivity contribution in [1.29, 1.82) is 5.26 Å². The van der Waals surface area contributed by atoms with Crippen LogP contribution in [0.3, 0.4) is 0 Å². The van der Waals surface area contributed by atoms with Crippen LogP contribution in [0.1, 0.15) is 37.5 Å². The van der Waals surface area contributed by atoms with Crippen molar-refractivity contribution in [2.75, 3.05) is 5.73 Å². The molecule has 130 valence electrons. The Morgan fingerprint density at radius 2 is 1.92 bits per heavy atom. The van der Waals surface area contributed by atoms with Gasteiger partial charge in [0.1, 0.15) is 17.1 Å². The summed E-state index contributed by atoms with van der Waals surface area (Å²) >= 11 is 0. The van der Waals surface area contributed by atoms with Crippen molar-refractivity contribution < 1.29 is 14.3 Å². The zero-order valence-corrected chi connectivity index (χ0v) is 14.9. The van der Waals surface area contributed by atoms with Gasteiger partial charge in [0.05, 0.1) is 23.7 Å². The van der Waals surface area contributed by atoms with Gasteiger partial charge in [-0.05, 0) is 69.2 Å². The number of anilines is 1. The van der Waals surface area contributed by atoms with Crippen molar-refractivity contribution in [2.45, 2.75) is 39.7 Å². The fourth-order valence-electron chi connectivity index (χ4n) is 2.34. The first-order valence-electron chi connectivity index (χ1n) is 7.96. The molecule has 0 spiro atoms. The van der Waals surface area contributed by atoms with E-state index in [2.05, 4.69) is 6.07 Å². The minimum absolute atomic E-state index is 0.144. The number of carbonyl (C=O) groups is 1. The molecule has 0 aliphatic rings. The first-order chi connectivity index (χ1) is 11.7. The summed E-state index contributed by atoms with van der Waals surface area (Å²) in [5.41, 5.74) is 8.14. The SMILES string of the molecule is Cc1cc(C#N)cc(Oc2ccc(CC(=O)OC(C)(C)C)cc2N)c1. The fraction of sp³-hybridized carbons (Fsp3) is 0.300. The van der Waals surface area contributed by atoms with Gasteiger partial charge in [0.2, 0.25) is 0 Å². The van der Waals surface area contributed by atoms with Crippen LogP contribution in [0.25, 0.3) is 0 Å². The lowest BCUT2D eigenvalue weighted by atomic mass is 10.1. The van der Waals surface area contributed by atoms with Gasteiger partial charge in [0.25, 0.3) is 0 Å². The third kappa shape index (κ3) is 5.54. The molecule has 0 aliphatic carbocycles. The summed E-state index contributed by atoms with van der Waals surface area (Å²) in [5, 5.41) is 9.03. The van der Waals surface area contributed by atoms with Crippen molar-refractivity contribution in [2.24, 2.45) is 0 Å². The van der Waals surface area contributed by atoms with Crippen molar-refractivity contribution in [1.82, 2.24) is 0 Å². The minimum atomic E-state index is -0.519. The zero-order chi connectivity index (χ0) is 18.6. The third-order valence-electron chi connectivity index (χ3n) is 3.25. The molecule has 0 aliphatic heterocycles. The predicted octanol–water partition coefficient (Wildman–Crippen LogP) is 4.13. The van der Waals surface area contributed by atoms with Crippen LogP contribution in [0.15, 0.2) is 36.4 Å². The number of aryl methyl sites for hydroxylation is 1. The standard InChI is InChI=1S/C20H22N2O3/c1-13-7-15(12-21)9-16(8-13)24-18-6-5-14(10-17(18)22)11-19(23)25-20(2,3)4/h5-10H,11,22H2,1-4H3. The van der Waals surface area contributed by atoms with Gasteiger partial charge in [0.15, 0.2) is 0 Å². The summed E-state index contributed by atoms with van der Waals surface area (Å²) in [4.78, 5) is 11.9. The topological polar surface area (TPSA) is 85.3 Å². The Kier molecular flexibility index (Phi) is 5.33. The molecular formula is C20H22N2O3. The van der Waals surface area contributed by atoms with Crippen LogP contribution < -0.4 is 10.5 Å². The van der Waals surface area contributed by atoms with E-state index in [-0.39, 0.29) is 12.4 Å². The maximum Gasteiger partial charge on any atom is 0.310 e. The first-order valence-corrected chi connectivity index (χ1v) is 7.96. The molecule has 0 atom stereocenters. The van der Waals surface area contributed by atoms with Crippen molar-refractivity contribution in [3.63, 3.8) is 0 Å².